The maximum atomic E-state index is 14.7. The summed E-state index contributed by atoms with van der Waals surface area (Å²) in [7, 11) is -2.62. The summed E-state index contributed by atoms with van der Waals surface area (Å²) in [6.07, 6.45) is 0.245. The Morgan fingerprint density at radius 1 is 0.830 bits per heavy atom. The summed E-state index contributed by atoms with van der Waals surface area (Å²) in [5.74, 6) is -0.0143. The molecule has 0 fully saturated rings. The van der Waals surface area contributed by atoms with E-state index in [4.69, 9.17) is 4.74 Å². The number of amides is 2. The molecule has 2 amide bonds. The topological polar surface area (TPSA) is 96.0 Å². The van der Waals surface area contributed by atoms with Gasteiger partial charge in [0.05, 0.1) is 17.7 Å². The van der Waals surface area contributed by atoms with Gasteiger partial charge in [0.25, 0.3) is 10.0 Å². The van der Waals surface area contributed by atoms with Gasteiger partial charge in [0.1, 0.15) is 18.3 Å². The second kappa shape index (κ2) is 15.8. The van der Waals surface area contributed by atoms with Crippen LogP contribution < -0.4 is 14.4 Å². The molecule has 9 heteroatoms. The number of anilines is 1. The third-order valence-corrected chi connectivity index (χ3v) is 9.95. The number of methoxy groups -OCH3 is 1. The quantitative estimate of drug-likeness (QED) is 0.174. The number of ether oxygens (including phenoxy) is 1. The van der Waals surface area contributed by atoms with Crippen LogP contribution >= 0.6 is 0 Å². The van der Waals surface area contributed by atoms with Crippen molar-refractivity contribution in [2.45, 2.75) is 58.5 Å². The molecule has 1 unspecified atom stereocenters. The van der Waals surface area contributed by atoms with Crippen LogP contribution in [0.4, 0.5) is 5.69 Å². The number of nitrogens with one attached hydrogen (secondary N) is 1. The zero-order chi connectivity index (χ0) is 34.1. The summed E-state index contributed by atoms with van der Waals surface area (Å²) in [6.45, 7) is 9.63. The summed E-state index contributed by atoms with van der Waals surface area (Å²) < 4.78 is 35.3. The molecule has 8 nitrogen and oxygen atoms in total. The van der Waals surface area contributed by atoms with E-state index in [-0.39, 0.29) is 29.7 Å². The van der Waals surface area contributed by atoms with E-state index < -0.39 is 28.5 Å². The van der Waals surface area contributed by atoms with Crippen molar-refractivity contribution in [2.75, 3.05) is 24.5 Å². The largest absolute Gasteiger partial charge is 0.497 e. The monoisotopic (exact) mass is 655 g/mol. The van der Waals surface area contributed by atoms with Crippen LogP contribution in [0, 0.1) is 26.7 Å². The van der Waals surface area contributed by atoms with Crippen molar-refractivity contribution in [1.29, 1.82) is 0 Å². The molecule has 0 spiro atoms. The van der Waals surface area contributed by atoms with Crippen molar-refractivity contribution < 1.29 is 22.7 Å². The van der Waals surface area contributed by atoms with Gasteiger partial charge in [-0.15, -0.1) is 0 Å². The van der Waals surface area contributed by atoms with Crippen LogP contribution in [0.25, 0.3) is 0 Å². The number of nitrogens with zero attached hydrogens (tertiary/aromatic N) is 2. The highest BCUT2D eigenvalue weighted by atomic mass is 32.2. The van der Waals surface area contributed by atoms with Gasteiger partial charge in [-0.1, -0.05) is 86.1 Å². The second-order valence-electron chi connectivity index (χ2n) is 12.3. The Morgan fingerprint density at radius 3 is 2.15 bits per heavy atom. The molecule has 0 aliphatic heterocycles. The summed E-state index contributed by atoms with van der Waals surface area (Å²) >= 11 is 0. The van der Waals surface area contributed by atoms with Gasteiger partial charge in [0, 0.05) is 19.5 Å². The van der Waals surface area contributed by atoms with Crippen molar-refractivity contribution in [1.82, 2.24) is 10.2 Å². The normalized spacial score (nSPS) is 12.0. The Balaban J connectivity index is 1.84. The minimum Gasteiger partial charge on any atom is -0.497 e. The molecule has 0 saturated carbocycles. The van der Waals surface area contributed by atoms with Crippen molar-refractivity contribution >= 4 is 27.5 Å². The lowest BCUT2D eigenvalue weighted by atomic mass is 10.0. The minimum absolute atomic E-state index is 0.0633. The SMILES string of the molecule is COc1cccc(CN(C(=O)CN(c2cccc(C)c2C)S(=O)(=O)c2ccc(C)cc2)C(Cc2ccccc2)C(=O)NCC(C)C)c1. The van der Waals surface area contributed by atoms with Crippen LogP contribution in [-0.2, 0) is 32.6 Å². The second-order valence-corrected chi connectivity index (χ2v) is 14.1. The van der Waals surface area contributed by atoms with Crippen molar-refractivity contribution in [3.8, 4) is 5.75 Å². The zero-order valence-corrected chi connectivity index (χ0v) is 28.9. The fraction of sp³-hybridized carbons (Fsp3) is 0.316. The third-order valence-electron chi connectivity index (χ3n) is 8.18. The van der Waals surface area contributed by atoms with Gasteiger partial charge >= 0.3 is 0 Å². The summed E-state index contributed by atoms with van der Waals surface area (Å²) in [5.41, 5.74) is 4.57. The fourth-order valence-electron chi connectivity index (χ4n) is 5.30. The van der Waals surface area contributed by atoms with Gasteiger partial charge in [-0.2, -0.15) is 0 Å². The fourth-order valence-corrected chi connectivity index (χ4v) is 6.77. The predicted octanol–water partition coefficient (Wildman–Crippen LogP) is 6.23. The van der Waals surface area contributed by atoms with E-state index in [2.05, 4.69) is 5.32 Å². The molecule has 4 aromatic rings. The van der Waals surface area contributed by atoms with Gasteiger partial charge in [-0.05, 0) is 79.3 Å². The Labute approximate surface area is 279 Å². The molecule has 1 atom stereocenters. The molecule has 0 aromatic heterocycles. The highest BCUT2D eigenvalue weighted by Gasteiger charge is 2.35. The Morgan fingerprint density at radius 2 is 1.49 bits per heavy atom. The first-order valence-corrected chi connectivity index (χ1v) is 17.2. The first-order chi connectivity index (χ1) is 22.4. The zero-order valence-electron chi connectivity index (χ0n) is 28.1. The Hall–Kier alpha value is -4.63. The van der Waals surface area contributed by atoms with Crippen molar-refractivity contribution in [3.63, 3.8) is 0 Å². The summed E-state index contributed by atoms with van der Waals surface area (Å²) in [4.78, 5) is 30.2. The number of carbonyl (C=O) groups excluding carboxylic acids is 2. The average molecular weight is 656 g/mol. The van der Waals surface area contributed by atoms with Gasteiger partial charge < -0.3 is 15.0 Å². The van der Waals surface area contributed by atoms with Crippen LogP contribution in [0.5, 0.6) is 5.75 Å². The molecular weight excluding hydrogens is 611 g/mol. The van der Waals surface area contributed by atoms with E-state index >= 15 is 0 Å². The minimum atomic E-state index is -4.18. The van der Waals surface area contributed by atoms with Gasteiger partial charge in [0.15, 0.2) is 0 Å². The van der Waals surface area contributed by atoms with Gasteiger partial charge in [-0.25, -0.2) is 8.42 Å². The highest BCUT2D eigenvalue weighted by Crippen LogP contribution is 2.30. The number of aryl methyl sites for hydroxylation is 2. The standard InChI is InChI=1S/C38H45N3O5S/c1-27(2)24-39-38(43)36(23-31-13-8-7-9-14-31)40(25-32-15-11-16-33(22-32)46-6)37(42)26-41(35-17-10-12-29(4)30(35)5)47(44,45)34-20-18-28(3)19-21-34/h7-22,27,36H,23-26H2,1-6H3,(H,39,43). The molecule has 1 N–H and O–H groups in total. The van der Waals surface area contributed by atoms with E-state index in [9.17, 15) is 18.0 Å². The third kappa shape index (κ3) is 9.01. The predicted molar refractivity (Wildman–Crippen MR) is 187 cm³/mol. The first-order valence-electron chi connectivity index (χ1n) is 15.8. The van der Waals surface area contributed by atoms with Gasteiger partial charge in [0.2, 0.25) is 11.8 Å². The number of carbonyl (C=O) groups is 2. The lowest BCUT2D eigenvalue weighted by molar-refractivity contribution is -0.140. The molecule has 0 heterocycles. The lowest BCUT2D eigenvalue weighted by Gasteiger charge is -2.34. The van der Waals surface area contributed by atoms with E-state index in [0.717, 1.165) is 27.8 Å². The van der Waals surface area contributed by atoms with Crippen LogP contribution in [0.15, 0.2) is 102 Å². The van der Waals surface area contributed by atoms with Crippen molar-refractivity contribution in [3.05, 3.63) is 125 Å². The van der Waals surface area contributed by atoms with E-state index in [0.29, 0.717) is 18.0 Å². The smallest absolute Gasteiger partial charge is 0.264 e. The Bertz CT molecular complexity index is 1770. The molecule has 4 aromatic carbocycles. The van der Waals surface area contributed by atoms with E-state index in [1.807, 2.05) is 95.3 Å². The number of sulfonamides is 1. The van der Waals surface area contributed by atoms with Crippen LogP contribution in [-0.4, -0.2) is 51.4 Å². The van der Waals surface area contributed by atoms with Crippen LogP contribution in [0.2, 0.25) is 0 Å². The average Bonchev–Trinajstić information content (AvgIpc) is 3.06. The Kier molecular flexibility index (Phi) is 11.8. The molecule has 248 valence electrons. The van der Waals surface area contributed by atoms with E-state index in [1.54, 1.807) is 43.5 Å². The molecule has 47 heavy (non-hydrogen) atoms. The number of hydrogen-bond donors (Lipinski definition) is 1. The van der Waals surface area contributed by atoms with Crippen LogP contribution in [0.1, 0.15) is 41.7 Å². The lowest BCUT2D eigenvalue weighted by Crippen LogP contribution is -2.53. The van der Waals surface area contributed by atoms with Crippen LogP contribution in [0.3, 0.4) is 0 Å². The molecule has 0 radical (unpaired) electrons. The molecular formula is C38H45N3O5S. The molecule has 0 saturated heterocycles. The molecule has 4 rings (SSSR count). The summed E-state index contributed by atoms with van der Waals surface area (Å²) in [5, 5.41) is 3.02. The molecule has 0 aliphatic rings. The van der Waals surface area contributed by atoms with Crippen molar-refractivity contribution in [2.24, 2.45) is 5.92 Å². The molecule has 0 bridgehead atoms. The first kappa shape index (κ1) is 35.2. The highest BCUT2D eigenvalue weighted by molar-refractivity contribution is 7.92. The maximum absolute atomic E-state index is 14.7. The maximum Gasteiger partial charge on any atom is 0.264 e. The number of rotatable bonds is 14. The van der Waals surface area contributed by atoms with Gasteiger partial charge in [-0.3, -0.25) is 13.9 Å². The molecule has 0 aliphatic carbocycles. The number of benzene rings is 4. The number of hydrogen-bond acceptors (Lipinski definition) is 5. The summed E-state index contributed by atoms with van der Waals surface area (Å²) in [6, 6.07) is 27.9. The van der Waals surface area contributed by atoms with E-state index in [1.165, 1.54) is 9.21 Å².